The molecule has 0 aliphatic heterocycles. The lowest BCUT2D eigenvalue weighted by Gasteiger charge is -1.90. The minimum atomic E-state index is -0.120. The van der Waals surface area contributed by atoms with Crippen LogP contribution in [0.15, 0.2) is 17.5 Å². The molecule has 0 aliphatic rings. The Bertz CT molecular complexity index is 193. The van der Waals surface area contributed by atoms with Gasteiger partial charge in [-0.2, -0.15) is 0 Å². The van der Waals surface area contributed by atoms with Gasteiger partial charge in [-0.25, -0.2) is 0 Å². The van der Waals surface area contributed by atoms with Crippen molar-refractivity contribution in [2.75, 3.05) is 0 Å². The van der Waals surface area contributed by atoms with Gasteiger partial charge in [0.25, 0.3) is 5.91 Å². The predicted molar refractivity (Wildman–Crippen MR) is 37.1 cm³/mol. The molecule has 1 radical (unpaired) electrons. The number of carbonyl (C=O) groups excluding carboxylic acids is 1. The molecular formula is C6H6NOS. The van der Waals surface area contributed by atoms with E-state index >= 15 is 0 Å². The Morgan fingerprint density at radius 2 is 2.56 bits per heavy atom. The van der Waals surface area contributed by atoms with E-state index < -0.39 is 0 Å². The molecule has 0 spiro atoms. The van der Waals surface area contributed by atoms with Gasteiger partial charge in [0.2, 0.25) is 0 Å². The maximum atomic E-state index is 10.7. The number of thiophene rings is 1. The summed E-state index contributed by atoms with van der Waals surface area (Å²) in [5.41, 5.74) is 0. The second kappa shape index (κ2) is 2.64. The zero-order valence-electron chi connectivity index (χ0n) is 4.76. The summed E-state index contributed by atoms with van der Waals surface area (Å²) in [6.07, 6.45) is 0. The van der Waals surface area contributed by atoms with E-state index in [9.17, 15) is 4.79 Å². The van der Waals surface area contributed by atoms with Crippen LogP contribution < -0.4 is 5.32 Å². The number of rotatable bonds is 1. The van der Waals surface area contributed by atoms with Gasteiger partial charge in [-0.3, -0.25) is 4.79 Å². The molecule has 2 nitrogen and oxygen atoms in total. The second-order valence-corrected chi connectivity index (χ2v) is 2.43. The number of carbonyl (C=O) groups is 1. The van der Waals surface area contributed by atoms with Crippen molar-refractivity contribution < 1.29 is 4.79 Å². The van der Waals surface area contributed by atoms with Crippen molar-refractivity contribution in [2.24, 2.45) is 0 Å². The monoisotopic (exact) mass is 140 g/mol. The van der Waals surface area contributed by atoms with Crippen molar-refractivity contribution in [2.45, 2.75) is 0 Å². The van der Waals surface area contributed by atoms with Gasteiger partial charge in [-0.15, -0.1) is 11.3 Å². The van der Waals surface area contributed by atoms with E-state index in [2.05, 4.69) is 12.4 Å². The zero-order chi connectivity index (χ0) is 6.69. The molecule has 1 aromatic rings. The smallest absolute Gasteiger partial charge is 0.261 e. The van der Waals surface area contributed by atoms with Crippen molar-refractivity contribution in [3.05, 3.63) is 29.4 Å². The SMILES string of the molecule is [CH2]NC(=O)c1cccs1. The summed E-state index contributed by atoms with van der Waals surface area (Å²) in [5.74, 6) is -0.120. The number of amides is 1. The predicted octanol–water partition coefficient (Wildman–Crippen LogP) is 1.27. The highest BCUT2D eigenvalue weighted by molar-refractivity contribution is 7.12. The van der Waals surface area contributed by atoms with Gasteiger partial charge in [-0.1, -0.05) is 6.07 Å². The molecule has 1 heterocycles. The Morgan fingerprint density at radius 3 is 3.00 bits per heavy atom. The van der Waals surface area contributed by atoms with Gasteiger partial charge >= 0.3 is 0 Å². The molecule has 1 rings (SSSR count). The summed E-state index contributed by atoms with van der Waals surface area (Å²) >= 11 is 1.40. The molecule has 0 aromatic carbocycles. The third kappa shape index (κ3) is 1.29. The maximum absolute atomic E-state index is 10.7. The molecule has 0 fully saturated rings. The van der Waals surface area contributed by atoms with Gasteiger partial charge < -0.3 is 5.32 Å². The van der Waals surface area contributed by atoms with E-state index in [1.54, 1.807) is 6.07 Å². The highest BCUT2D eigenvalue weighted by Gasteiger charge is 2.00. The van der Waals surface area contributed by atoms with Crippen LogP contribution >= 0.6 is 11.3 Å². The fraction of sp³-hybridized carbons (Fsp3) is 0. The fourth-order valence-electron chi connectivity index (χ4n) is 0.495. The standard InChI is InChI=1S/C6H6NOS/c1-7-6(8)5-3-2-4-9-5/h2-4H,1H2,(H,7,8). The highest BCUT2D eigenvalue weighted by Crippen LogP contribution is 2.06. The lowest BCUT2D eigenvalue weighted by Crippen LogP contribution is -2.13. The van der Waals surface area contributed by atoms with Crippen LogP contribution in [-0.4, -0.2) is 5.91 Å². The molecule has 0 unspecified atom stereocenters. The minimum Gasteiger partial charge on any atom is -0.350 e. The average molecular weight is 140 g/mol. The molecule has 0 bridgehead atoms. The molecule has 0 saturated carbocycles. The van der Waals surface area contributed by atoms with Crippen molar-refractivity contribution in [3.8, 4) is 0 Å². The van der Waals surface area contributed by atoms with Crippen LogP contribution in [0.2, 0.25) is 0 Å². The van der Waals surface area contributed by atoms with Crippen molar-refractivity contribution in [1.29, 1.82) is 0 Å². The van der Waals surface area contributed by atoms with Crippen LogP contribution in [0.5, 0.6) is 0 Å². The number of hydrogen-bond donors (Lipinski definition) is 1. The van der Waals surface area contributed by atoms with E-state index in [0.717, 1.165) is 0 Å². The average Bonchev–Trinajstić information content (AvgIpc) is 2.37. The van der Waals surface area contributed by atoms with Gasteiger partial charge in [0, 0.05) is 7.05 Å². The van der Waals surface area contributed by atoms with E-state index in [-0.39, 0.29) is 5.91 Å². The topological polar surface area (TPSA) is 29.1 Å². The molecular weight excluding hydrogens is 134 g/mol. The van der Waals surface area contributed by atoms with E-state index in [0.29, 0.717) is 4.88 Å². The Balaban J connectivity index is 2.77. The first-order valence-electron chi connectivity index (χ1n) is 2.45. The number of hydrogen-bond acceptors (Lipinski definition) is 2. The summed E-state index contributed by atoms with van der Waals surface area (Å²) in [4.78, 5) is 11.4. The molecule has 9 heavy (non-hydrogen) atoms. The Hall–Kier alpha value is -0.830. The summed E-state index contributed by atoms with van der Waals surface area (Å²) in [6.45, 7) is 0. The van der Waals surface area contributed by atoms with Crippen molar-refractivity contribution >= 4 is 17.2 Å². The van der Waals surface area contributed by atoms with Gasteiger partial charge in [-0.05, 0) is 11.4 Å². The fourth-order valence-corrected chi connectivity index (χ4v) is 1.13. The van der Waals surface area contributed by atoms with Gasteiger partial charge in [0.1, 0.15) is 0 Å². The molecule has 1 N–H and O–H groups in total. The zero-order valence-corrected chi connectivity index (χ0v) is 5.57. The third-order valence-corrected chi connectivity index (χ3v) is 1.77. The number of nitrogens with one attached hydrogen (secondary N) is 1. The molecule has 3 heteroatoms. The van der Waals surface area contributed by atoms with Crippen LogP contribution in [0.1, 0.15) is 9.67 Å². The summed E-state index contributed by atoms with van der Waals surface area (Å²) < 4.78 is 0. The Kier molecular flexibility index (Phi) is 1.85. The summed E-state index contributed by atoms with van der Waals surface area (Å²) in [5, 5.41) is 4.14. The molecule has 1 amide bonds. The lowest BCUT2D eigenvalue weighted by atomic mass is 10.4. The largest absolute Gasteiger partial charge is 0.350 e. The van der Waals surface area contributed by atoms with Crippen LogP contribution in [0.3, 0.4) is 0 Å². The van der Waals surface area contributed by atoms with Crippen LogP contribution in [0.4, 0.5) is 0 Å². The second-order valence-electron chi connectivity index (χ2n) is 1.48. The summed E-state index contributed by atoms with van der Waals surface area (Å²) in [6, 6.07) is 3.58. The maximum Gasteiger partial charge on any atom is 0.261 e. The van der Waals surface area contributed by atoms with Crippen LogP contribution in [-0.2, 0) is 0 Å². The van der Waals surface area contributed by atoms with Gasteiger partial charge in [0.15, 0.2) is 0 Å². The minimum absolute atomic E-state index is 0.120. The molecule has 0 saturated heterocycles. The Morgan fingerprint density at radius 1 is 1.78 bits per heavy atom. The van der Waals surface area contributed by atoms with Crippen LogP contribution in [0.25, 0.3) is 0 Å². The first-order valence-corrected chi connectivity index (χ1v) is 3.33. The third-order valence-electron chi connectivity index (χ3n) is 0.906. The van der Waals surface area contributed by atoms with E-state index in [4.69, 9.17) is 0 Å². The first kappa shape index (κ1) is 6.29. The quantitative estimate of drug-likeness (QED) is 0.625. The highest BCUT2D eigenvalue weighted by atomic mass is 32.1. The normalized spacial score (nSPS) is 9.00. The molecule has 0 atom stereocenters. The molecule has 0 aliphatic carbocycles. The van der Waals surface area contributed by atoms with E-state index in [1.807, 2.05) is 11.4 Å². The van der Waals surface area contributed by atoms with Crippen LogP contribution in [0, 0.1) is 7.05 Å². The molecule has 1 aromatic heterocycles. The van der Waals surface area contributed by atoms with Crippen molar-refractivity contribution in [3.63, 3.8) is 0 Å². The van der Waals surface area contributed by atoms with E-state index in [1.165, 1.54) is 11.3 Å². The Labute approximate surface area is 57.5 Å². The lowest BCUT2D eigenvalue weighted by molar-refractivity contribution is 0.0973. The van der Waals surface area contributed by atoms with Gasteiger partial charge in [0.05, 0.1) is 4.88 Å². The summed E-state index contributed by atoms with van der Waals surface area (Å²) in [7, 11) is 3.25. The molecule has 47 valence electrons. The first-order chi connectivity index (χ1) is 4.34. The van der Waals surface area contributed by atoms with Crippen molar-refractivity contribution in [1.82, 2.24) is 5.32 Å².